The zero-order valence-electron chi connectivity index (χ0n) is 17.7. The number of nitrogens with zero attached hydrogens (tertiary/aromatic N) is 5. The Hall–Kier alpha value is -2.89. The number of hydrogen-bond donors (Lipinski definition) is 0. The standard InChI is InChI=1S/C22H29N5O/c1-15-20(17(3)26(6)23-15)12-13-22(28)25(5)14-21-16(2)24-27(18(21)4)19-10-8-7-9-11-19/h7-11H,12-14H2,1-6H3. The molecule has 6 nitrogen and oxygen atoms in total. The molecule has 0 bridgehead atoms. The molecule has 2 heterocycles. The highest BCUT2D eigenvalue weighted by molar-refractivity contribution is 5.76. The van der Waals surface area contributed by atoms with Crippen molar-refractivity contribution in [2.24, 2.45) is 7.05 Å². The fourth-order valence-electron chi connectivity index (χ4n) is 3.65. The molecule has 0 saturated carbocycles. The highest BCUT2D eigenvalue weighted by Crippen LogP contribution is 2.20. The van der Waals surface area contributed by atoms with Crippen LogP contribution in [0.5, 0.6) is 0 Å². The van der Waals surface area contributed by atoms with E-state index in [0.717, 1.165) is 40.4 Å². The lowest BCUT2D eigenvalue weighted by Crippen LogP contribution is -2.27. The first kappa shape index (κ1) is 19.9. The van der Waals surface area contributed by atoms with Crippen LogP contribution in [-0.2, 0) is 24.8 Å². The Morgan fingerprint density at radius 2 is 1.61 bits per heavy atom. The fraction of sp³-hybridized carbons (Fsp3) is 0.409. The molecule has 3 rings (SSSR count). The summed E-state index contributed by atoms with van der Waals surface area (Å²) in [5.41, 5.74) is 7.48. The number of aromatic nitrogens is 4. The molecule has 0 aliphatic rings. The first-order valence-corrected chi connectivity index (χ1v) is 9.63. The van der Waals surface area contributed by atoms with Crippen LogP contribution in [0.1, 0.15) is 40.3 Å². The molecule has 6 heteroatoms. The first-order valence-electron chi connectivity index (χ1n) is 9.63. The van der Waals surface area contributed by atoms with Gasteiger partial charge in [-0.1, -0.05) is 18.2 Å². The summed E-state index contributed by atoms with van der Waals surface area (Å²) in [5.74, 6) is 0.133. The van der Waals surface area contributed by atoms with Crippen molar-refractivity contribution in [3.05, 3.63) is 64.2 Å². The van der Waals surface area contributed by atoms with Crippen molar-refractivity contribution in [2.45, 2.75) is 47.1 Å². The third-order valence-electron chi connectivity index (χ3n) is 5.51. The monoisotopic (exact) mass is 379 g/mol. The van der Waals surface area contributed by atoms with Crippen LogP contribution in [0, 0.1) is 27.7 Å². The zero-order chi connectivity index (χ0) is 20.4. The average molecular weight is 380 g/mol. The quantitative estimate of drug-likeness (QED) is 0.659. The summed E-state index contributed by atoms with van der Waals surface area (Å²) < 4.78 is 3.83. The second-order valence-electron chi connectivity index (χ2n) is 7.42. The predicted molar refractivity (Wildman–Crippen MR) is 111 cm³/mol. The van der Waals surface area contributed by atoms with E-state index in [2.05, 4.69) is 17.1 Å². The van der Waals surface area contributed by atoms with Gasteiger partial charge < -0.3 is 4.90 Å². The van der Waals surface area contributed by atoms with Crippen LogP contribution in [0.3, 0.4) is 0 Å². The number of benzene rings is 1. The Kier molecular flexibility index (Phi) is 5.68. The van der Waals surface area contributed by atoms with Crippen LogP contribution < -0.4 is 0 Å². The molecule has 0 saturated heterocycles. The van der Waals surface area contributed by atoms with Gasteiger partial charge in [0.15, 0.2) is 0 Å². The van der Waals surface area contributed by atoms with Gasteiger partial charge in [-0.25, -0.2) is 4.68 Å². The van der Waals surface area contributed by atoms with Crippen molar-refractivity contribution in [1.29, 1.82) is 0 Å². The number of carbonyl (C=O) groups is 1. The Balaban J connectivity index is 1.70. The molecular weight excluding hydrogens is 350 g/mol. The molecule has 0 unspecified atom stereocenters. The van der Waals surface area contributed by atoms with Crippen molar-refractivity contribution in [3.63, 3.8) is 0 Å². The minimum Gasteiger partial charge on any atom is -0.341 e. The molecule has 1 amide bonds. The molecule has 28 heavy (non-hydrogen) atoms. The largest absolute Gasteiger partial charge is 0.341 e. The lowest BCUT2D eigenvalue weighted by atomic mass is 10.1. The van der Waals surface area contributed by atoms with Gasteiger partial charge >= 0.3 is 0 Å². The Morgan fingerprint density at radius 1 is 0.964 bits per heavy atom. The number of para-hydroxylation sites is 1. The van der Waals surface area contributed by atoms with Gasteiger partial charge in [0.2, 0.25) is 5.91 Å². The predicted octanol–water partition coefficient (Wildman–Crippen LogP) is 3.43. The molecular formula is C22H29N5O. The second-order valence-corrected chi connectivity index (χ2v) is 7.42. The number of aryl methyl sites for hydroxylation is 3. The van der Waals surface area contributed by atoms with E-state index in [-0.39, 0.29) is 5.91 Å². The summed E-state index contributed by atoms with van der Waals surface area (Å²) in [7, 11) is 3.81. The van der Waals surface area contributed by atoms with Crippen molar-refractivity contribution < 1.29 is 4.79 Å². The molecule has 0 N–H and O–H groups in total. The number of hydrogen-bond acceptors (Lipinski definition) is 3. The zero-order valence-corrected chi connectivity index (χ0v) is 17.7. The molecule has 0 aliphatic carbocycles. The topological polar surface area (TPSA) is 56.0 Å². The molecule has 0 spiro atoms. The van der Waals surface area contributed by atoms with Gasteiger partial charge in [-0.05, 0) is 51.8 Å². The summed E-state index contributed by atoms with van der Waals surface area (Å²) in [6, 6.07) is 10.1. The molecule has 0 fully saturated rings. The van der Waals surface area contributed by atoms with Crippen molar-refractivity contribution in [1.82, 2.24) is 24.5 Å². The SMILES string of the molecule is Cc1nn(C)c(C)c1CCC(=O)N(C)Cc1c(C)nn(-c2ccccc2)c1C. The van der Waals surface area contributed by atoms with E-state index < -0.39 is 0 Å². The number of rotatable bonds is 6. The molecule has 3 aromatic rings. The van der Waals surface area contributed by atoms with E-state index in [1.165, 1.54) is 5.56 Å². The molecule has 0 aliphatic heterocycles. The van der Waals surface area contributed by atoms with Crippen molar-refractivity contribution in [3.8, 4) is 5.69 Å². The van der Waals surface area contributed by atoms with E-state index >= 15 is 0 Å². The van der Waals surface area contributed by atoms with Gasteiger partial charge in [0.1, 0.15) is 0 Å². The van der Waals surface area contributed by atoms with Gasteiger partial charge in [-0.15, -0.1) is 0 Å². The van der Waals surface area contributed by atoms with Gasteiger partial charge in [0.25, 0.3) is 0 Å². The van der Waals surface area contributed by atoms with E-state index in [4.69, 9.17) is 0 Å². The highest BCUT2D eigenvalue weighted by Gasteiger charge is 2.18. The van der Waals surface area contributed by atoms with Gasteiger partial charge in [0.05, 0.1) is 17.1 Å². The highest BCUT2D eigenvalue weighted by atomic mass is 16.2. The van der Waals surface area contributed by atoms with E-state index in [1.807, 2.05) is 74.6 Å². The van der Waals surface area contributed by atoms with Crippen LogP contribution >= 0.6 is 0 Å². The summed E-state index contributed by atoms with van der Waals surface area (Å²) >= 11 is 0. The summed E-state index contributed by atoms with van der Waals surface area (Å²) in [4.78, 5) is 14.5. The molecule has 1 aromatic carbocycles. The second kappa shape index (κ2) is 8.00. The van der Waals surface area contributed by atoms with Gasteiger partial charge in [-0.2, -0.15) is 10.2 Å². The Morgan fingerprint density at radius 3 is 2.21 bits per heavy atom. The van der Waals surface area contributed by atoms with E-state index in [1.54, 1.807) is 4.90 Å². The van der Waals surface area contributed by atoms with Crippen LogP contribution in [-0.4, -0.2) is 37.4 Å². The Labute approximate surface area is 166 Å². The molecule has 0 radical (unpaired) electrons. The van der Waals surface area contributed by atoms with Crippen molar-refractivity contribution in [2.75, 3.05) is 7.05 Å². The van der Waals surface area contributed by atoms with Crippen LogP contribution in [0.4, 0.5) is 0 Å². The van der Waals surface area contributed by atoms with Crippen LogP contribution in [0.15, 0.2) is 30.3 Å². The summed E-state index contributed by atoms with van der Waals surface area (Å²) in [6.45, 7) is 8.68. The summed E-state index contributed by atoms with van der Waals surface area (Å²) in [5, 5.41) is 9.12. The van der Waals surface area contributed by atoms with Crippen LogP contribution in [0.25, 0.3) is 5.69 Å². The number of amides is 1. The third kappa shape index (κ3) is 3.86. The molecule has 148 valence electrons. The van der Waals surface area contributed by atoms with Crippen molar-refractivity contribution >= 4 is 5.91 Å². The van der Waals surface area contributed by atoms with Gasteiger partial charge in [0, 0.05) is 44.0 Å². The van der Waals surface area contributed by atoms with E-state index in [9.17, 15) is 4.79 Å². The summed E-state index contributed by atoms with van der Waals surface area (Å²) in [6.07, 6.45) is 1.20. The Bertz CT molecular complexity index is 984. The maximum Gasteiger partial charge on any atom is 0.222 e. The first-order chi connectivity index (χ1) is 13.3. The minimum atomic E-state index is 0.133. The minimum absolute atomic E-state index is 0.133. The fourth-order valence-corrected chi connectivity index (χ4v) is 3.65. The third-order valence-corrected chi connectivity index (χ3v) is 5.51. The smallest absolute Gasteiger partial charge is 0.222 e. The molecule has 0 atom stereocenters. The van der Waals surface area contributed by atoms with Crippen LogP contribution in [0.2, 0.25) is 0 Å². The average Bonchev–Trinajstić information content (AvgIpc) is 3.09. The maximum absolute atomic E-state index is 12.7. The molecule has 2 aromatic heterocycles. The van der Waals surface area contributed by atoms with Gasteiger partial charge in [-0.3, -0.25) is 9.48 Å². The lowest BCUT2D eigenvalue weighted by Gasteiger charge is -2.18. The lowest BCUT2D eigenvalue weighted by molar-refractivity contribution is -0.130. The maximum atomic E-state index is 12.7. The normalized spacial score (nSPS) is 11.1. The number of carbonyl (C=O) groups excluding carboxylic acids is 1. The van der Waals surface area contributed by atoms with E-state index in [0.29, 0.717) is 13.0 Å².